The van der Waals surface area contributed by atoms with Crippen LogP contribution < -0.4 is 5.32 Å². The van der Waals surface area contributed by atoms with Crippen LogP contribution in [0.1, 0.15) is 12.5 Å². The number of urea groups is 1. The first-order chi connectivity index (χ1) is 11.2. The molecule has 1 atom stereocenters. The Labute approximate surface area is 140 Å². The summed E-state index contributed by atoms with van der Waals surface area (Å²) in [6.07, 6.45) is 1.08. The molecule has 1 N–H and O–H groups in total. The molecule has 126 valence electrons. The molecule has 1 unspecified atom stereocenters. The van der Waals surface area contributed by atoms with Gasteiger partial charge in [0.15, 0.2) is 0 Å². The van der Waals surface area contributed by atoms with E-state index in [1.54, 1.807) is 13.0 Å². The lowest BCUT2D eigenvalue weighted by molar-refractivity contribution is -0.130. The molecule has 1 aliphatic rings. The first-order valence-electron chi connectivity index (χ1n) is 7.52. The van der Waals surface area contributed by atoms with Gasteiger partial charge in [0, 0.05) is 12.8 Å². The molecule has 0 aromatic heterocycles. The van der Waals surface area contributed by atoms with Crippen molar-refractivity contribution in [3.05, 3.63) is 48.0 Å². The van der Waals surface area contributed by atoms with E-state index in [2.05, 4.69) is 5.32 Å². The zero-order chi connectivity index (χ0) is 17.5. The van der Waals surface area contributed by atoms with Gasteiger partial charge in [0.05, 0.1) is 5.75 Å². The molecule has 1 heterocycles. The smallest absolute Gasteiger partial charge is 0.319 e. The lowest BCUT2D eigenvalue weighted by Crippen LogP contribution is -2.41. The van der Waals surface area contributed by atoms with E-state index in [0.717, 1.165) is 21.9 Å². The van der Waals surface area contributed by atoms with Crippen molar-refractivity contribution in [2.75, 3.05) is 18.6 Å². The summed E-state index contributed by atoms with van der Waals surface area (Å²) in [5.74, 6) is -0.689. The molecule has 0 spiro atoms. The third kappa shape index (κ3) is 2.87. The molecule has 2 aromatic rings. The zero-order valence-electron chi connectivity index (χ0n) is 13.4. The van der Waals surface area contributed by atoms with Crippen molar-refractivity contribution < 1.29 is 18.0 Å². The number of hydrogen-bond donors (Lipinski definition) is 1. The van der Waals surface area contributed by atoms with E-state index in [1.807, 2.05) is 36.4 Å². The maximum Gasteiger partial charge on any atom is 0.325 e. The highest BCUT2D eigenvalue weighted by Crippen LogP contribution is 2.30. The molecular formula is C17H18N2O4S. The molecule has 1 saturated heterocycles. The number of imide groups is 1. The Balaban J connectivity index is 1.94. The minimum atomic E-state index is -3.26. The largest absolute Gasteiger partial charge is 0.325 e. The van der Waals surface area contributed by atoms with Crippen LogP contribution in [0.3, 0.4) is 0 Å². The minimum Gasteiger partial charge on any atom is -0.319 e. The van der Waals surface area contributed by atoms with E-state index in [4.69, 9.17) is 0 Å². The Morgan fingerprint density at radius 2 is 1.75 bits per heavy atom. The van der Waals surface area contributed by atoms with Gasteiger partial charge in [-0.25, -0.2) is 13.2 Å². The lowest BCUT2D eigenvalue weighted by Gasteiger charge is -2.22. The summed E-state index contributed by atoms with van der Waals surface area (Å²) >= 11 is 0. The number of benzene rings is 2. The molecule has 6 nitrogen and oxygen atoms in total. The zero-order valence-corrected chi connectivity index (χ0v) is 14.3. The molecule has 1 fully saturated rings. The highest BCUT2D eigenvalue weighted by molar-refractivity contribution is 7.90. The molecule has 0 bridgehead atoms. The van der Waals surface area contributed by atoms with E-state index >= 15 is 0 Å². The molecule has 0 aliphatic carbocycles. The molecule has 0 saturated carbocycles. The predicted octanol–water partition coefficient (Wildman–Crippen LogP) is 1.65. The summed E-state index contributed by atoms with van der Waals surface area (Å²) in [5, 5.41) is 4.69. The van der Waals surface area contributed by atoms with Crippen molar-refractivity contribution in [1.82, 2.24) is 10.2 Å². The Kier molecular flexibility index (Phi) is 3.83. The average Bonchev–Trinajstić information content (AvgIpc) is 2.74. The molecule has 1 aliphatic heterocycles. The van der Waals surface area contributed by atoms with E-state index in [-0.39, 0.29) is 12.3 Å². The van der Waals surface area contributed by atoms with Gasteiger partial charge in [-0.15, -0.1) is 0 Å². The third-order valence-electron chi connectivity index (χ3n) is 4.29. The summed E-state index contributed by atoms with van der Waals surface area (Å²) in [6.45, 7) is 1.49. The first kappa shape index (κ1) is 16.4. The van der Waals surface area contributed by atoms with Gasteiger partial charge >= 0.3 is 6.03 Å². The number of nitrogens with zero attached hydrogens (tertiary/aromatic N) is 1. The van der Waals surface area contributed by atoms with Gasteiger partial charge in [0.2, 0.25) is 0 Å². The van der Waals surface area contributed by atoms with Crippen molar-refractivity contribution >= 4 is 32.5 Å². The fourth-order valence-corrected chi connectivity index (χ4v) is 3.37. The maximum atomic E-state index is 12.7. The van der Waals surface area contributed by atoms with Crippen molar-refractivity contribution in [2.24, 2.45) is 0 Å². The number of nitrogens with one attached hydrogen (secondary N) is 1. The number of carbonyl (C=O) groups excluding carboxylic acids is 2. The van der Waals surface area contributed by atoms with Crippen molar-refractivity contribution in [3.63, 3.8) is 0 Å². The number of rotatable bonds is 4. The fourth-order valence-electron chi connectivity index (χ4n) is 2.85. The second kappa shape index (κ2) is 5.59. The van der Waals surface area contributed by atoms with Crippen LogP contribution in [-0.4, -0.2) is 43.8 Å². The predicted molar refractivity (Wildman–Crippen MR) is 91.3 cm³/mol. The number of sulfone groups is 1. The Bertz CT molecular complexity index is 939. The van der Waals surface area contributed by atoms with E-state index < -0.39 is 27.3 Å². The van der Waals surface area contributed by atoms with Gasteiger partial charge in [0.1, 0.15) is 15.4 Å². The molecule has 0 radical (unpaired) electrons. The number of carbonyl (C=O) groups is 2. The molecule has 2 aromatic carbocycles. The monoisotopic (exact) mass is 346 g/mol. The van der Waals surface area contributed by atoms with Crippen LogP contribution >= 0.6 is 0 Å². The van der Waals surface area contributed by atoms with Crippen LogP contribution in [0.5, 0.6) is 0 Å². The van der Waals surface area contributed by atoms with Crippen LogP contribution in [-0.2, 0) is 20.2 Å². The van der Waals surface area contributed by atoms with Crippen LogP contribution in [0, 0.1) is 0 Å². The number of amides is 3. The Morgan fingerprint density at radius 3 is 2.42 bits per heavy atom. The van der Waals surface area contributed by atoms with E-state index in [0.29, 0.717) is 5.56 Å². The van der Waals surface area contributed by atoms with Crippen LogP contribution in [0.15, 0.2) is 42.5 Å². The van der Waals surface area contributed by atoms with Crippen molar-refractivity contribution in [3.8, 4) is 0 Å². The summed E-state index contributed by atoms with van der Waals surface area (Å²) in [5.41, 5.74) is -0.528. The Hall–Kier alpha value is -2.41. The van der Waals surface area contributed by atoms with Crippen LogP contribution in [0.4, 0.5) is 4.79 Å². The number of hydrogen-bond acceptors (Lipinski definition) is 4. The van der Waals surface area contributed by atoms with Crippen LogP contribution in [0.25, 0.3) is 10.8 Å². The molecule has 24 heavy (non-hydrogen) atoms. The molecule has 3 amide bonds. The van der Waals surface area contributed by atoms with E-state index in [1.165, 1.54) is 0 Å². The van der Waals surface area contributed by atoms with Gasteiger partial charge in [0.25, 0.3) is 5.91 Å². The highest BCUT2D eigenvalue weighted by atomic mass is 32.2. The quantitative estimate of drug-likeness (QED) is 0.853. The first-order valence-corrected chi connectivity index (χ1v) is 9.58. The van der Waals surface area contributed by atoms with Gasteiger partial charge < -0.3 is 5.32 Å². The summed E-state index contributed by atoms with van der Waals surface area (Å²) in [7, 11) is -3.26. The van der Waals surface area contributed by atoms with E-state index in [9.17, 15) is 18.0 Å². The molecule has 3 rings (SSSR count). The van der Waals surface area contributed by atoms with Gasteiger partial charge in [-0.1, -0.05) is 36.4 Å². The fraction of sp³-hybridized carbons (Fsp3) is 0.294. The maximum absolute atomic E-state index is 12.7. The van der Waals surface area contributed by atoms with Gasteiger partial charge in [-0.2, -0.15) is 0 Å². The van der Waals surface area contributed by atoms with Gasteiger partial charge in [-0.3, -0.25) is 9.69 Å². The molecule has 7 heteroatoms. The highest BCUT2D eigenvalue weighted by Gasteiger charge is 2.48. The average molecular weight is 346 g/mol. The summed E-state index contributed by atoms with van der Waals surface area (Å²) < 4.78 is 22.6. The second-order valence-corrected chi connectivity index (χ2v) is 8.46. The second-order valence-electron chi connectivity index (χ2n) is 6.20. The minimum absolute atomic E-state index is 0.146. The topological polar surface area (TPSA) is 83.6 Å². The Morgan fingerprint density at radius 1 is 1.08 bits per heavy atom. The summed E-state index contributed by atoms with van der Waals surface area (Å²) in [4.78, 5) is 25.9. The molecular weight excluding hydrogens is 328 g/mol. The van der Waals surface area contributed by atoms with Crippen molar-refractivity contribution in [1.29, 1.82) is 0 Å². The standard InChI is InChI=1S/C17H18N2O4S/c1-17(14-8-7-12-5-3-4-6-13(12)11-14)15(20)19(16(21)18-17)9-10-24(2,22)23/h3-8,11H,9-10H2,1-2H3,(H,18,21). The number of fused-ring (bicyclic) bond motifs is 1. The van der Waals surface area contributed by atoms with Crippen molar-refractivity contribution in [2.45, 2.75) is 12.5 Å². The SMILES string of the molecule is CC1(c2ccc3ccccc3c2)NC(=O)N(CCS(C)(=O)=O)C1=O. The third-order valence-corrected chi connectivity index (χ3v) is 5.21. The summed E-state index contributed by atoms with van der Waals surface area (Å²) in [6, 6.07) is 12.7. The lowest BCUT2D eigenvalue weighted by atomic mass is 9.90. The van der Waals surface area contributed by atoms with Crippen LogP contribution in [0.2, 0.25) is 0 Å². The normalized spacial score (nSPS) is 21.3. The van der Waals surface area contributed by atoms with Gasteiger partial charge in [-0.05, 0) is 29.3 Å².